The summed E-state index contributed by atoms with van der Waals surface area (Å²) in [6.07, 6.45) is 28.6. The van der Waals surface area contributed by atoms with E-state index >= 15 is 0 Å². The fourth-order valence-electron chi connectivity index (χ4n) is 5.34. The van der Waals surface area contributed by atoms with Crippen LogP contribution in [-0.2, 0) is 6.42 Å². The molecule has 1 aromatic rings. The summed E-state index contributed by atoms with van der Waals surface area (Å²) < 4.78 is 0. The van der Waals surface area contributed by atoms with Gasteiger partial charge in [-0.25, -0.2) is 0 Å². The van der Waals surface area contributed by atoms with E-state index in [1.807, 2.05) is 18.2 Å². The molecule has 0 saturated heterocycles. The summed E-state index contributed by atoms with van der Waals surface area (Å²) in [5, 5.41) is 8.54. The molecular weight excluding hydrogens is 374 g/mol. The summed E-state index contributed by atoms with van der Waals surface area (Å²) in [6.45, 7) is 2.27. The minimum Gasteiger partial charge on any atom is -0.193 e. The normalized spacial score (nSPS) is 27.2. The van der Waals surface area contributed by atoms with Gasteiger partial charge in [0.1, 0.15) is 0 Å². The fraction of sp³-hybridized carbons (Fsp3) is 0.567. The number of allylic oxidation sites excluding steroid dienone is 6. The fourth-order valence-corrected chi connectivity index (χ4v) is 5.34. The second-order valence-corrected chi connectivity index (χ2v) is 9.74. The van der Waals surface area contributed by atoms with E-state index in [1.165, 1.54) is 82.6 Å². The van der Waals surface area contributed by atoms with Crippen LogP contribution in [0.25, 0.3) is 0 Å². The minimum atomic E-state index is 0.696. The first-order valence-corrected chi connectivity index (χ1v) is 12.8. The molecule has 2 fully saturated rings. The van der Waals surface area contributed by atoms with Gasteiger partial charge in [0.2, 0.25) is 0 Å². The number of unbranched alkanes of at least 4 members (excludes halogenated alkanes) is 2. The Hall–Kier alpha value is -2.07. The summed E-state index contributed by atoms with van der Waals surface area (Å²) in [5.74, 6) is 3.03. The van der Waals surface area contributed by atoms with Crippen molar-refractivity contribution in [2.75, 3.05) is 0 Å². The Labute approximate surface area is 191 Å². The predicted molar refractivity (Wildman–Crippen MR) is 133 cm³/mol. The van der Waals surface area contributed by atoms with Gasteiger partial charge < -0.3 is 0 Å². The molecule has 2 aliphatic carbocycles. The number of rotatable bonds is 9. The van der Waals surface area contributed by atoms with Crippen molar-refractivity contribution in [2.45, 2.75) is 89.9 Å². The van der Waals surface area contributed by atoms with E-state index in [1.54, 1.807) is 11.6 Å². The van der Waals surface area contributed by atoms with Gasteiger partial charge in [0, 0.05) is 6.08 Å². The van der Waals surface area contributed by atoms with Crippen molar-refractivity contribution in [2.24, 2.45) is 17.8 Å². The summed E-state index contributed by atoms with van der Waals surface area (Å²) in [5.41, 5.74) is 3.08. The van der Waals surface area contributed by atoms with Crippen LogP contribution in [-0.4, -0.2) is 0 Å². The van der Waals surface area contributed by atoms with Crippen LogP contribution in [0.2, 0.25) is 0 Å². The van der Waals surface area contributed by atoms with Crippen molar-refractivity contribution in [3.05, 3.63) is 71.8 Å². The van der Waals surface area contributed by atoms with Crippen molar-refractivity contribution in [1.29, 1.82) is 5.26 Å². The van der Waals surface area contributed by atoms with Gasteiger partial charge in [-0.2, -0.15) is 5.26 Å². The first-order valence-electron chi connectivity index (χ1n) is 12.8. The molecule has 1 heteroatoms. The molecular formula is C30H41N. The van der Waals surface area contributed by atoms with Crippen LogP contribution < -0.4 is 0 Å². The molecule has 0 unspecified atom stereocenters. The first-order chi connectivity index (χ1) is 15.3. The largest absolute Gasteiger partial charge is 0.193 e. The number of aryl methyl sites for hydroxylation is 1. The van der Waals surface area contributed by atoms with Crippen molar-refractivity contribution in [3.63, 3.8) is 0 Å². The van der Waals surface area contributed by atoms with Crippen molar-refractivity contribution in [3.8, 4) is 6.07 Å². The maximum atomic E-state index is 8.54. The van der Waals surface area contributed by atoms with Gasteiger partial charge in [-0.05, 0) is 99.0 Å². The molecule has 1 aromatic carbocycles. The van der Waals surface area contributed by atoms with E-state index in [0.29, 0.717) is 5.92 Å². The lowest BCUT2D eigenvalue weighted by molar-refractivity contribution is 0.348. The van der Waals surface area contributed by atoms with Gasteiger partial charge in [0.05, 0.1) is 6.07 Å². The maximum absolute atomic E-state index is 8.54. The lowest BCUT2D eigenvalue weighted by atomic mass is 9.77. The number of nitrogens with zero attached hydrogens (tertiary/aromatic N) is 1. The van der Waals surface area contributed by atoms with Crippen molar-refractivity contribution < 1.29 is 0 Å². The first kappa shape index (κ1) is 23.6. The number of hydrogen-bond donors (Lipinski definition) is 0. The molecule has 3 rings (SSSR count). The highest BCUT2D eigenvalue weighted by molar-refractivity contribution is 5.26. The molecule has 0 N–H and O–H groups in total. The molecule has 0 aromatic heterocycles. The quantitative estimate of drug-likeness (QED) is 0.171. The Morgan fingerprint density at radius 3 is 1.94 bits per heavy atom. The van der Waals surface area contributed by atoms with E-state index in [9.17, 15) is 0 Å². The zero-order valence-electron chi connectivity index (χ0n) is 19.5. The Kier molecular flexibility index (Phi) is 10.2. The Morgan fingerprint density at radius 2 is 1.35 bits per heavy atom. The third kappa shape index (κ3) is 8.17. The Morgan fingerprint density at radius 1 is 0.774 bits per heavy atom. The van der Waals surface area contributed by atoms with Crippen LogP contribution in [0.15, 0.2) is 60.7 Å². The van der Waals surface area contributed by atoms with E-state index < -0.39 is 0 Å². The van der Waals surface area contributed by atoms with E-state index in [-0.39, 0.29) is 0 Å². The van der Waals surface area contributed by atoms with Gasteiger partial charge in [0.15, 0.2) is 0 Å². The van der Waals surface area contributed by atoms with Gasteiger partial charge in [-0.15, -0.1) is 0 Å². The van der Waals surface area contributed by atoms with Gasteiger partial charge in [-0.3, -0.25) is 0 Å². The summed E-state index contributed by atoms with van der Waals surface area (Å²) >= 11 is 0. The molecule has 166 valence electrons. The Bertz CT molecular complexity index is 745. The SMILES string of the molecule is CCCCCc1ccc(C2CCC(/C=C/C3CCC(C=CC=CC#N)CC3)CC2)cc1. The second-order valence-electron chi connectivity index (χ2n) is 9.74. The molecule has 0 spiro atoms. The highest BCUT2D eigenvalue weighted by atomic mass is 14.3. The van der Waals surface area contributed by atoms with Gasteiger partial charge >= 0.3 is 0 Å². The zero-order valence-corrected chi connectivity index (χ0v) is 19.5. The highest BCUT2D eigenvalue weighted by Gasteiger charge is 2.22. The summed E-state index contributed by atoms with van der Waals surface area (Å²) in [4.78, 5) is 0. The average molecular weight is 416 g/mol. The molecule has 0 bridgehead atoms. The number of nitriles is 1. The van der Waals surface area contributed by atoms with Crippen molar-refractivity contribution >= 4 is 0 Å². The third-order valence-corrected chi connectivity index (χ3v) is 7.43. The average Bonchev–Trinajstić information content (AvgIpc) is 2.82. The summed E-state index contributed by atoms with van der Waals surface area (Å²) in [6, 6.07) is 11.6. The molecule has 2 aliphatic rings. The smallest absolute Gasteiger partial charge is 0.0912 e. The highest BCUT2D eigenvalue weighted by Crippen LogP contribution is 2.37. The topological polar surface area (TPSA) is 23.8 Å². The van der Waals surface area contributed by atoms with E-state index in [2.05, 4.69) is 49.4 Å². The van der Waals surface area contributed by atoms with Gasteiger partial charge in [0.25, 0.3) is 0 Å². The van der Waals surface area contributed by atoms with Crippen LogP contribution in [0.5, 0.6) is 0 Å². The standard InChI is InChI=1S/C30H41N/c1-2-3-5-8-26-16-20-29(21-17-26)30-22-18-28(19-23-30)15-14-27-12-10-25(11-13-27)9-6-4-7-24-31/h4,6-7,9,14-17,20-21,25,27-28,30H,2-3,5,8,10-13,18-19,22-23H2,1H3/b7-4?,9-6?,15-14+. The zero-order chi connectivity index (χ0) is 21.7. The molecule has 0 atom stereocenters. The molecule has 31 heavy (non-hydrogen) atoms. The molecule has 0 heterocycles. The lowest BCUT2D eigenvalue weighted by Gasteiger charge is -2.28. The van der Waals surface area contributed by atoms with Crippen LogP contribution >= 0.6 is 0 Å². The second kappa shape index (κ2) is 13.4. The Balaban J connectivity index is 1.36. The predicted octanol–water partition coefficient (Wildman–Crippen LogP) is 8.69. The molecule has 0 aliphatic heterocycles. The van der Waals surface area contributed by atoms with Crippen molar-refractivity contribution in [1.82, 2.24) is 0 Å². The van der Waals surface area contributed by atoms with Gasteiger partial charge in [-0.1, -0.05) is 74.4 Å². The molecule has 2 saturated carbocycles. The number of benzene rings is 1. The number of hydrogen-bond acceptors (Lipinski definition) is 1. The lowest BCUT2D eigenvalue weighted by Crippen LogP contribution is -2.14. The molecule has 1 nitrogen and oxygen atoms in total. The van der Waals surface area contributed by atoms with Crippen LogP contribution in [0.1, 0.15) is 94.6 Å². The van der Waals surface area contributed by atoms with Crippen LogP contribution in [0.3, 0.4) is 0 Å². The molecule has 0 amide bonds. The van der Waals surface area contributed by atoms with Crippen LogP contribution in [0.4, 0.5) is 0 Å². The molecule has 0 radical (unpaired) electrons. The van der Waals surface area contributed by atoms with E-state index in [0.717, 1.165) is 17.8 Å². The third-order valence-electron chi connectivity index (χ3n) is 7.43. The minimum absolute atomic E-state index is 0.696. The monoisotopic (exact) mass is 415 g/mol. The summed E-state index contributed by atoms with van der Waals surface area (Å²) in [7, 11) is 0. The van der Waals surface area contributed by atoms with Crippen LogP contribution in [0, 0.1) is 29.1 Å². The maximum Gasteiger partial charge on any atom is 0.0912 e. The van der Waals surface area contributed by atoms with E-state index in [4.69, 9.17) is 5.26 Å².